The van der Waals surface area contributed by atoms with E-state index in [2.05, 4.69) is 9.71 Å². The summed E-state index contributed by atoms with van der Waals surface area (Å²) in [5.41, 5.74) is 2.11. The van der Waals surface area contributed by atoms with Crippen LogP contribution in [0.25, 0.3) is 10.9 Å². The van der Waals surface area contributed by atoms with Gasteiger partial charge >= 0.3 is 0 Å². The molecule has 2 atom stereocenters. The first-order valence-corrected chi connectivity index (χ1v) is 13.0. The van der Waals surface area contributed by atoms with Crippen molar-refractivity contribution in [1.29, 1.82) is 0 Å². The molecule has 1 amide bonds. The Hall–Kier alpha value is -3.78. The van der Waals surface area contributed by atoms with Crippen molar-refractivity contribution < 1.29 is 22.3 Å². The molecule has 1 saturated carbocycles. The first-order chi connectivity index (χ1) is 17.2. The minimum absolute atomic E-state index is 0.0323. The van der Waals surface area contributed by atoms with Crippen LogP contribution in [0.3, 0.4) is 0 Å². The number of benzene rings is 3. The van der Waals surface area contributed by atoms with Gasteiger partial charge in [-0.25, -0.2) is 17.5 Å². The highest BCUT2D eigenvalue weighted by atomic mass is 32.2. The third-order valence-corrected chi connectivity index (χ3v) is 8.19. The summed E-state index contributed by atoms with van der Waals surface area (Å²) in [6, 6.07) is 19.7. The highest BCUT2D eigenvalue weighted by Crippen LogP contribution is 2.62. The van der Waals surface area contributed by atoms with Gasteiger partial charge in [-0.3, -0.25) is 9.78 Å². The second-order valence-corrected chi connectivity index (χ2v) is 10.8. The van der Waals surface area contributed by atoms with Gasteiger partial charge in [0.05, 0.1) is 22.9 Å². The predicted molar refractivity (Wildman–Crippen MR) is 135 cm³/mol. The monoisotopic (exact) mass is 504 g/mol. The van der Waals surface area contributed by atoms with Crippen LogP contribution in [-0.4, -0.2) is 26.4 Å². The predicted octanol–water partition coefficient (Wildman–Crippen LogP) is 4.93. The van der Waals surface area contributed by atoms with Gasteiger partial charge < -0.3 is 4.74 Å². The summed E-state index contributed by atoms with van der Waals surface area (Å²) in [6.07, 6.45) is 0.313. The second-order valence-electron chi connectivity index (χ2n) is 9.20. The lowest BCUT2D eigenvalue weighted by Gasteiger charge is -2.21. The molecule has 1 fully saturated rings. The maximum absolute atomic E-state index is 14.1. The summed E-state index contributed by atoms with van der Waals surface area (Å²) in [4.78, 5) is 18.3. The number of nitrogens with zero attached hydrogens (tertiary/aromatic N) is 1. The SMILES string of the molecule is COc1ccc(C)cc1C1(C(=O)NS(=O)(=O)c2cccc3nc(C)ccc23)CC1c1cccc(F)c1. The van der Waals surface area contributed by atoms with Crippen LogP contribution in [0.15, 0.2) is 77.7 Å². The molecule has 0 bridgehead atoms. The Morgan fingerprint density at radius 3 is 2.58 bits per heavy atom. The van der Waals surface area contributed by atoms with E-state index >= 15 is 0 Å². The molecule has 0 aliphatic heterocycles. The van der Waals surface area contributed by atoms with Crippen molar-refractivity contribution in [3.05, 3.63) is 101 Å². The lowest BCUT2D eigenvalue weighted by Crippen LogP contribution is -2.40. The normalized spacial score (nSPS) is 19.2. The summed E-state index contributed by atoms with van der Waals surface area (Å²) in [6.45, 7) is 3.71. The Balaban J connectivity index is 1.60. The lowest BCUT2D eigenvalue weighted by atomic mass is 9.88. The number of fused-ring (bicyclic) bond motifs is 1. The average molecular weight is 505 g/mol. The van der Waals surface area contributed by atoms with Crippen molar-refractivity contribution in [3.8, 4) is 5.75 Å². The number of aromatic nitrogens is 1. The van der Waals surface area contributed by atoms with E-state index in [0.29, 0.717) is 34.2 Å². The van der Waals surface area contributed by atoms with Gasteiger partial charge in [0.15, 0.2) is 0 Å². The molecule has 36 heavy (non-hydrogen) atoms. The van der Waals surface area contributed by atoms with E-state index in [1.807, 2.05) is 26.0 Å². The van der Waals surface area contributed by atoms with E-state index in [1.165, 1.54) is 25.3 Å². The zero-order valence-corrected chi connectivity index (χ0v) is 20.9. The molecule has 0 saturated heterocycles. The molecule has 1 heterocycles. The molecular formula is C28H25FN2O4S. The van der Waals surface area contributed by atoms with Gasteiger partial charge in [0.25, 0.3) is 10.0 Å². The highest BCUT2D eigenvalue weighted by molar-refractivity contribution is 7.90. The fraction of sp³-hybridized carbons (Fsp3) is 0.214. The molecule has 1 aliphatic rings. The number of pyridine rings is 1. The number of methoxy groups -OCH3 is 1. The van der Waals surface area contributed by atoms with Crippen LogP contribution >= 0.6 is 0 Å². The molecule has 184 valence electrons. The first kappa shape index (κ1) is 23.9. The maximum Gasteiger partial charge on any atom is 0.264 e. The summed E-state index contributed by atoms with van der Waals surface area (Å²) in [7, 11) is -2.75. The number of nitrogens with one attached hydrogen (secondary N) is 1. The minimum atomic E-state index is -4.25. The van der Waals surface area contributed by atoms with E-state index in [1.54, 1.807) is 42.5 Å². The fourth-order valence-electron chi connectivity index (χ4n) is 4.96. The third-order valence-electron chi connectivity index (χ3n) is 6.80. The van der Waals surface area contributed by atoms with Crippen LogP contribution in [-0.2, 0) is 20.2 Å². The molecule has 1 aromatic heterocycles. The van der Waals surface area contributed by atoms with Gasteiger partial charge in [-0.05, 0) is 68.3 Å². The second kappa shape index (κ2) is 8.71. The van der Waals surface area contributed by atoms with Gasteiger partial charge in [0.1, 0.15) is 11.6 Å². The van der Waals surface area contributed by atoms with Crippen LogP contribution in [0.4, 0.5) is 4.39 Å². The zero-order chi connectivity index (χ0) is 25.7. The van der Waals surface area contributed by atoms with Crippen molar-refractivity contribution in [2.45, 2.75) is 36.5 Å². The van der Waals surface area contributed by atoms with Crippen LogP contribution in [0.2, 0.25) is 0 Å². The van der Waals surface area contributed by atoms with E-state index in [4.69, 9.17) is 4.74 Å². The van der Waals surface area contributed by atoms with E-state index in [9.17, 15) is 17.6 Å². The van der Waals surface area contributed by atoms with E-state index < -0.39 is 33.1 Å². The number of hydrogen-bond acceptors (Lipinski definition) is 5. The van der Waals surface area contributed by atoms with Crippen molar-refractivity contribution in [3.63, 3.8) is 0 Å². The summed E-state index contributed by atoms with van der Waals surface area (Å²) < 4.78 is 49.0. The molecule has 5 rings (SSSR count). The van der Waals surface area contributed by atoms with Crippen LogP contribution in [0.1, 0.15) is 34.7 Å². The summed E-state index contributed by atoms with van der Waals surface area (Å²) in [5, 5.41) is 0.420. The van der Waals surface area contributed by atoms with Crippen LogP contribution in [0.5, 0.6) is 5.75 Å². The lowest BCUT2D eigenvalue weighted by molar-refractivity contribution is -0.122. The summed E-state index contributed by atoms with van der Waals surface area (Å²) in [5.74, 6) is -1.05. The van der Waals surface area contributed by atoms with Gasteiger partial charge in [-0.2, -0.15) is 0 Å². The fourth-order valence-corrected chi connectivity index (χ4v) is 6.22. The molecule has 0 spiro atoms. The molecule has 0 radical (unpaired) electrons. The minimum Gasteiger partial charge on any atom is -0.496 e. The van der Waals surface area contributed by atoms with Crippen LogP contribution < -0.4 is 9.46 Å². The van der Waals surface area contributed by atoms with Crippen LogP contribution in [0, 0.1) is 19.7 Å². The third kappa shape index (κ3) is 4.01. The summed E-state index contributed by atoms with van der Waals surface area (Å²) >= 11 is 0. The van der Waals surface area contributed by atoms with Crippen molar-refractivity contribution in [1.82, 2.24) is 9.71 Å². The quantitative estimate of drug-likeness (QED) is 0.403. The Morgan fingerprint density at radius 1 is 1.06 bits per heavy atom. The highest BCUT2D eigenvalue weighted by Gasteiger charge is 2.63. The molecule has 6 nitrogen and oxygen atoms in total. The number of aryl methyl sites for hydroxylation is 2. The van der Waals surface area contributed by atoms with Crippen molar-refractivity contribution in [2.75, 3.05) is 7.11 Å². The zero-order valence-electron chi connectivity index (χ0n) is 20.1. The standard InChI is InChI=1S/C28H25FN2O4S/c1-17-10-13-25(35-3)22(14-17)28(16-23(28)19-6-4-7-20(29)15-19)27(32)31-36(33,34)26-9-5-8-24-21(26)12-11-18(2)30-24/h4-15,23H,16H2,1-3H3,(H,31,32). The Kier molecular flexibility index (Phi) is 5.79. The van der Waals surface area contributed by atoms with Gasteiger partial charge in [0, 0.05) is 22.6 Å². The molecule has 1 aliphatic carbocycles. The molecule has 3 aromatic carbocycles. The Bertz CT molecular complexity index is 1620. The first-order valence-electron chi connectivity index (χ1n) is 11.5. The van der Waals surface area contributed by atoms with Crippen molar-refractivity contribution in [2.24, 2.45) is 0 Å². The van der Waals surface area contributed by atoms with Gasteiger partial charge in [-0.15, -0.1) is 0 Å². The number of carbonyl (C=O) groups excluding carboxylic acids is 1. The van der Waals surface area contributed by atoms with Gasteiger partial charge in [-0.1, -0.05) is 35.9 Å². The number of amides is 1. The molecule has 8 heteroatoms. The molecule has 1 N–H and O–H groups in total. The van der Waals surface area contributed by atoms with E-state index in [0.717, 1.165) is 11.3 Å². The number of sulfonamides is 1. The number of hydrogen-bond donors (Lipinski definition) is 1. The molecule has 2 unspecified atom stereocenters. The number of carbonyl (C=O) groups is 1. The van der Waals surface area contributed by atoms with E-state index in [-0.39, 0.29) is 4.90 Å². The van der Waals surface area contributed by atoms with Crippen molar-refractivity contribution >= 4 is 26.8 Å². The molecule has 4 aromatic rings. The Labute approximate surface area is 209 Å². The number of ether oxygens (including phenoxy) is 1. The largest absolute Gasteiger partial charge is 0.496 e. The smallest absolute Gasteiger partial charge is 0.264 e. The number of rotatable bonds is 6. The van der Waals surface area contributed by atoms with Gasteiger partial charge in [0.2, 0.25) is 5.91 Å². The molecular weight excluding hydrogens is 479 g/mol. The maximum atomic E-state index is 14.1. The Morgan fingerprint density at radius 2 is 1.83 bits per heavy atom. The average Bonchev–Trinajstić information content (AvgIpc) is 3.60. The topological polar surface area (TPSA) is 85.4 Å². The number of halogens is 1.